The van der Waals surface area contributed by atoms with Crippen molar-refractivity contribution in [3.8, 4) is 5.75 Å². The van der Waals surface area contributed by atoms with Crippen LogP contribution in [0, 0.1) is 0 Å². The van der Waals surface area contributed by atoms with Gasteiger partial charge in [-0.3, -0.25) is 4.98 Å². The number of hydrogen-bond acceptors (Lipinski definition) is 3. The van der Waals surface area contributed by atoms with Gasteiger partial charge in [-0.15, -0.1) is 0 Å². The Bertz CT molecular complexity index is 324. The van der Waals surface area contributed by atoms with Gasteiger partial charge >= 0.3 is 0 Å². The summed E-state index contributed by atoms with van der Waals surface area (Å²) in [6.07, 6.45) is 2.79. The quantitative estimate of drug-likeness (QED) is 0.812. The van der Waals surface area contributed by atoms with Gasteiger partial charge in [0.15, 0.2) is 0 Å². The zero-order valence-corrected chi connectivity index (χ0v) is 8.84. The summed E-state index contributed by atoms with van der Waals surface area (Å²) in [5.74, 6) is 1.26. The molecule has 0 amide bonds. The third-order valence-electron chi connectivity index (χ3n) is 2.52. The molecular formula is C10H13ClN2O. The Kier molecular flexibility index (Phi) is 2.89. The van der Waals surface area contributed by atoms with Gasteiger partial charge in [-0.1, -0.05) is 11.6 Å². The van der Waals surface area contributed by atoms with Crippen LogP contribution in [0.15, 0.2) is 12.3 Å². The molecule has 4 heteroatoms. The average molecular weight is 213 g/mol. The molecule has 0 bridgehead atoms. The second-order valence-electron chi connectivity index (χ2n) is 3.43. The van der Waals surface area contributed by atoms with Crippen LogP contribution in [0.2, 0.25) is 5.02 Å². The fourth-order valence-electron chi connectivity index (χ4n) is 1.79. The van der Waals surface area contributed by atoms with Gasteiger partial charge in [0.2, 0.25) is 0 Å². The maximum Gasteiger partial charge on any atom is 0.142 e. The molecule has 1 aromatic rings. The van der Waals surface area contributed by atoms with E-state index in [0.29, 0.717) is 10.9 Å². The van der Waals surface area contributed by atoms with Crippen LogP contribution in [0.4, 0.5) is 0 Å². The van der Waals surface area contributed by atoms with Crippen LogP contribution in [0.25, 0.3) is 0 Å². The van der Waals surface area contributed by atoms with Crippen LogP contribution < -0.4 is 10.1 Å². The topological polar surface area (TPSA) is 34.1 Å². The molecule has 1 atom stereocenters. The van der Waals surface area contributed by atoms with Gasteiger partial charge < -0.3 is 10.1 Å². The minimum Gasteiger partial charge on any atom is -0.495 e. The number of pyridine rings is 1. The molecule has 0 spiro atoms. The number of nitrogens with one attached hydrogen (secondary N) is 1. The lowest BCUT2D eigenvalue weighted by atomic mass is 10.0. The molecular weight excluding hydrogens is 200 g/mol. The van der Waals surface area contributed by atoms with Gasteiger partial charge in [0, 0.05) is 24.7 Å². The molecule has 2 heterocycles. The van der Waals surface area contributed by atoms with Crippen molar-refractivity contribution >= 4 is 11.6 Å². The van der Waals surface area contributed by atoms with Gasteiger partial charge in [0.25, 0.3) is 0 Å². The number of rotatable bonds is 2. The zero-order valence-electron chi connectivity index (χ0n) is 8.09. The third kappa shape index (κ3) is 1.83. The van der Waals surface area contributed by atoms with E-state index in [2.05, 4.69) is 10.3 Å². The predicted molar refractivity (Wildman–Crippen MR) is 56.0 cm³/mol. The van der Waals surface area contributed by atoms with Gasteiger partial charge in [-0.05, 0) is 13.0 Å². The Morgan fingerprint density at radius 2 is 2.50 bits per heavy atom. The van der Waals surface area contributed by atoms with Gasteiger partial charge in [0.1, 0.15) is 5.75 Å². The lowest BCUT2D eigenvalue weighted by molar-refractivity contribution is 0.403. The van der Waals surface area contributed by atoms with E-state index in [1.165, 1.54) is 0 Å². The number of halogens is 1. The molecule has 76 valence electrons. The molecule has 3 nitrogen and oxygen atoms in total. The molecule has 1 aliphatic rings. The van der Waals surface area contributed by atoms with Crippen LogP contribution in [0.5, 0.6) is 5.75 Å². The van der Waals surface area contributed by atoms with E-state index in [1.54, 1.807) is 13.3 Å². The summed E-state index contributed by atoms with van der Waals surface area (Å²) in [4.78, 5) is 4.33. The minimum absolute atomic E-state index is 0.460. The van der Waals surface area contributed by atoms with Crippen molar-refractivity contribution in [3.05, 3.63) is 23.0 Å². The normalized spacial score (nSPS) is 21.1. The molecule has 0 aliphatic carbocycles. The highest BCUT2D eigenvalue weighted by Gasteiger charge is 2.21. The monoisotopic (exact) mass is 212 g/mol. The zero-order chi connectivity index (χ0) is 9.97. The van der Waals surface area contributed by atoms with Crippen LogP contribution in [0.1, 0.15) is 18.0 Å². The number of hydrogen-bond donors (Lipinski definition) is 1. The first-order chi connectivity index (χ1) is 6.81. The van der Waals surface area contributed by atoms with Gasteiger partial charge in [0.05, 0.1) is 17.8 Å². The smallest absolute Gasteiger partial charge is 0.142 e. The van der Waals surface area contributed by atoms with E-state index in [4.69, 9.17) is 16.3 Å². The maximum atomic E-state index is 5.84. The average Bonchev–Trinajstić information content (AvgIpc) is 2.70. The summed E-state index contributed by atoms with van der Waals surface area (Å²) in [6, 6.07) is 1.82. The predicted octanol–water partition coefficient (Wildman–Crippen LogP) is 1.82. The van der Waals surface area contributed by atoms with Crippen molar-refractivity contribution in [1.29, 1.82) is 0 Å². The van der Waals surface area contributed by atoms with Crippen LogP contribution in [-0.2, 0) is 0 Å². The molecule has 1 fully saturated rings. The molecule has 1 unspecified atom stereocenters. The number of nitrogens with zero attached hydrogens (tertiary/aromatic N) is 1. The Morgan fingerprint density at radius 1 is 1.64 bits per heavy atom. The Balaban J connectivity index is 2.31. The summed E-state index contributed by atoms with van der Waals surface area (Å²) < 4.78 is 5.26. The lowest BCUT2D eigenvalue weighted by Gasteiger charge is -2.12. The van der Waals surface area contributed by atoms with Crippen LogP contribution in [0.3, 0.4) is 0 Å². The summed E-state index contributed by atoms with van der Waals surface area (Å²) in [5, 5.41) is 3.93. The van der Waals surface area contributed by atoms with Crippen molar-refractivity contribution in [3.63, 3.8) is 0 Å². The molecule has 1 aliphatic heterocycles. The molecule has 14 heavy (non-hydrogen) atoms. The standard InChI is InChI=1S/C10H13ClN2O/c1-14-9-4-8(11)6-13-10(9)7-2-3-12-5-7/h4,6-7,12H,2-3,5H2,1H3. The molecule has 0 aromatic carbocycles. The number of aromatic nitrogens is 1. The highest BCUT2D eigenvalue weighted by Crippen LogP contribution is 2.30. The number of ether oxygens (including phenoxy) is 1. The fourth-order valence-corrected chi connectivity index (χ4v) is 1.94. The SMILES string of the molecule is COc1cc(Cl)cnc1C1CCNC1. The fraction of sp³-hybridized carbons (Fsp3) is 0.500. The summed E-state index contributed by atoms with van der Waals surface area (Å²) in [5.41, 5.74) is 1.02. The van der Waals surface area contributed by atoms with E-state index < -0.39 is 0 Å². The molecule has 0 saturated carbocycles. The van der Waals surface area contributed by atoms with Crippen LogP contribution >= 0.6 is 11.6 Å². The van der Waals surface area contributed by atoms with E-state index in [1.807, 2.05) is 6.07 Å². The third-order valence-corrected chi connectivity index (χ3v) is 2.72. The Labute approximate surface area is 88.4 Å². The molecule has 1 N–H and O–H groups in total. The largest absolute Gasteiger partial charge is 0.495 e. The molecule has 2 rings (SSSR count). The maximum absolute atomic E-state index is 5.84. The van der Waals surface area contributed by atoms with Gasteiger partial charge in [-0.2, -0.15) is 0 Å². The Hall–Kier alpha value is -0.800. The second kappa shape index (κ2) is 4.15. The van der Waals surface area contributed by atoms with Crippen molar-refractivity contribution in [2.75, 3.05) is 20.2 Å². The highest BCUT2D eigenvalue weighted by molar-refractivity contribution is 6.30. The van der Waals surface area contributed by atoms with Gasteiger partial charge in [-0.25, -0.2) is 0 Å². The highest BCUT2D eigenvalue weighted by atomic mass is 35.5. The summed E-state index contributed by atoms with van der Waals surface area (Å²) >= 11 is 5.84. The first kappa shape index (κ1) is 9.74. The second-order valence-corrected chi connectivity index (χ2v) is 3.87. The van der Waals surface area contributed by atoms with E-state index >= 15 is 0 Å². The lowest BCUT2D eigenvalue weighted by Crippen LogP contribution is -2.09. The first-order valence-electron chi connectivity index (χ1n) is 4.71. The number of methoxy groups -OCH3 is 1. The summed E-state index contributed by atoms with van der Waals surface area (Å²) in [6.45, 7) is 2.03. The van der Waals surface area contributed by atoms with Crippen LogP contribution in [-0.4, -0.2) is 25.2 Å². The summed E-state index contributed by atoms with van der Waals surface area (Å²) in [7, 11) is 1.65. The van der Waals surface area contributed by atoms with E-state index in [-0.39, 0.29) is 0 Å². The van der Waals surface area contributed by atoms with E-state index in [0.717, 1.165) is 31.0 Å². The first-order valence-corrected chi connectivity index (χ1v) is 5.09. The Morgan fingerprint density at radius 3 is 3.14 bits per heavy atom. The molecule has 0 radical (unpaired) electrons. The van der Waals surface area contributed by atoms with Crippen molar-refractivity contribution in [1.82, 2.24) is 10.3 Å². The van der Waals surface area contributed by atoms with Crippen molar-refractivity contribution in [2.24, 2.45) is 0 Å². The van der Waals surface area contributed by atoms with Crippen molar-refractivity contribution < 1.29 is 4.74 Å². The minimum atomic E-state index is 0.460. The molecule has 1 aromatic heterocycles. The van der Waals surface area contributed by atoms with E-state index in [9.17, 15) is 0 Å². The van der Waals surface area contributed by atoms with Crippen molar-refractivity contribution in [2.45, 2.75) is 12.3 Å². The molecule has 1 saturated heterocycles.